The van der Waals surface area contributed by atoms with Crippen LogP contribution in [0.15, 0.2) is 53.6 Å². The van der Waals surface area contributed by atoms with E-state index in [0.717, 1.165) is 4.88 Å². The standard InChI is InChI=1S/C20H17N3O6S2/c24-16(10-14-2-1-8-30-14)21-17-18(25)22-15(7-9-31-19(17)22)20(26)29-11-12-3-5-13(6-4-12)23(27)28/h1-8,17,19H,9-11H2,(H,21,24)/t17?,19-/m1/s1. The summed E-state index contributed by atoms with van der Waals surface area (Å²) in [4.78, 5) is 49.8. The van der Waals surface area contributed by atoms with Gasteiger partial charge in [0.1, 0.15) is 23.7 Å². The Morgan fingerprint density at radius 3 is 2.71 bits per heavy atom. The van der Waals surface area contributed by atoms with Crippen molar-refractivity contribution in [3.63, 3.8) is 0 Å². The first kappa shape index (κ1) is 21.1. The lowest BCUT2D eigenvalue weighted by Crippen LogP contribution is -2.70. The zero-order valence-electron chi connectivity index (χ0n) is 16.1. The second-order valence-corrected chi connectivity index (χ2v) is 9.00. The Morgan fingerprint density at radius 1 is 1.26 bits per heavy atom. The van der Waals surface area contributed by atoms with Gasteiger partial charge in [0.15, 0.2) is 0 Å². The van der Waals surface area contributed by atoms with Crippen molar-refractivity contribution >= 4 is 46.6 Å². The number of nitro benzene ring substituents is 1. The second-order valence-electron chi connectivity index (χ2n) is 6.82. The largest absolute Gasteiger partial charge is 0.456 e. The molecule has 160 valence electrons. The van der Waals surface area contributed by atoms with Gasteiger partial charge in [0.05, 0.1) is 11.3 Å². The summed E-state index contributed by atoms with van der Waals surface area (Å²) in [5, 5.41) is 15.0. The van der Waals surface area contributed by atoms with Crippen molar-refractivity contribution in [2.75, 3.05) is 5.75 Å². The highest BCUT2D eigenvalue weighted by Gasteiger charge is 2.52. The monoisotopic (exact) mass is 459 g/mol. The van der Waals surface area contributed by atoms with Gasteiger partial charge in [-0.25, -0.2) is 4.79 Å². The molecule has 3 heterocycles. The molecule has 1 N–H and O–H groups in total. The molecule has 11 heteroatoms. The van der Waals surface area contributed by atoms with Crippen LogP contribution in [0.3, 0.4) is 0 Å². The van der Waals surface area contributed by atoms with Gasteiger partial charge in [-0.15, -0.1) is 23.1 Å². The summed E-state index contributed by atoms with van der Waals surface area (Å²) >= 11 is 2.93. The molecule has 0 bridgehead atoms. The number of nitrogens with one attached hydrogen (secondary N) is 1. The number of esters is 1. The molecule has 4 rings (SSSR count). The number of nitro groups is 1. The summed E-state index contributed by atoms with van der Waals surface area (Å²) in [6.45, 7) is -0.0744. The maximum absolute atomic E-state index is 12.6. The highest BCUT2D eigenvalue weighted by Crippen LogP contribution is 2.38. The number of hydrogen-bond donors (Lipinski definition) is 1. The van der Waals surface area contributed by atoms with Gasteiger partial charge >= 0.3 is 5.97 Å². The van der Waals surface area contributed by atoms with Crippen molar-refractivity contribution in [3.8, 4) is 0 Å². The molecule has 1 fully saturated rings. The van der Waals surface area contributed by atoms with E-state index in [9.17, 15) is 24.5 Å². The highest BCUT2D eigenvalue weighted by atomic mass is 32.2. The molecular formula is C20H17N3O6S2. The van der Waals surface area contributed by atoms with E-state index in [1.54, 1.807) is 6.08 Å². The molecule has 2 atom stereocenters. The number of carbonyl (C=O) groups excluding carboxylic acids is 3. The average molecular weight is 460 g/mol. The van der Waals surface area contributed by atoms with Crippen LogP contribution < -0.4 is 5.32 Å². The smallest absolute Gasteiger partial charge is 0.355 e. The van der Waals surface area contributed by atoms with Crippen molar-refractivity contribution in [2.45, 2.75) is 24.4 Å². The third kappa shape index (κ3) is 4.47. The third-order valence-corrected chi connectivity index (χ3v) is 6.86. The molecule has 1 saturated heterocycles. The van der Waals surface area contributed by atoms with Crippen LogP contribution in [0.25, 0.3) is 0 Å². The molecule has 0 aliphatic carbocycles. The Bertz CT molecular complexity index is 1050. The Labute approximate surface area is 185 Å². The zero-order chi connectivity index (χ0) is 22.0. The van der Waals surface area contributed by atoms with Crippen LogP contribution in [0.1, 0.15) is 10.4 Å². The van der Waals surface area contributed by atoms with E-state index in [1.165, 1.54) is 52.3 Å². The Morgan fingerprint density at radius 2 is 2.03 bits per heavy atom. The number of ether oxygens (including phenoxy) is 1. The summed E-state index contributed by atoms with van der Waals surface area (Å²) in [5.41, 5.74) is 0.692. The SMILES string of the molecule is O=C(Cc1cccs1)NC1C(=O)N2C(C(=O)OCc3ccc([N+](=O)[O-])cc3)=CCS[C@H]12. The lowest BCUT2D eigenvalue weighted by Gasteiger charge is -2.48. The minimum atomic E-state index is -0.677. The minimum Gasteiger partial charge on any atom is -0.456 e. The normalized spacial score (nSPS) is 19.7. The van der Waals surface area contributed by atoms with Gasteiger partial charge in [-0.2, -0.15) is 0 Å². The number of non-ortho nitro benzene ring substituents is 1. The maximum Gasteiger partial charge on any atom is 0.355 e. The Balaban J connectivity index is 1.33. The van der Waals surface area contributed by atoms with Crippen LogP contribution in [0.5, 0.6) is 0 Å². The lowest BCUT2D eigenvalue weighted by molar-refractivity contribution is -0.384. The predicted molar refractivity (Wildman–Crippen MR) is 114 cm³/mol. The highest BCUT2D eigenvalue weighted by molar-refractivity contribution is 8.00. The van der Waals surface area contributed by atoms with Gasteiger partial charge in [-0.1, -0.05) is 6.07 Å². The number of carbonyl (C=O) groups is 3. The van der Waals surface area contributed by atoms with Crippen molar-refractivity contribution < 1.29 is 24.0 Å². The fourth-order valence-corrected chi connectivity index (χ4v) is 5.16. The topological polar surface area (TPSA) is 119 Å². The number of benzene rings is 1. The molecule has 2 aromatic rings. The number of rotatable bonds is 7. The molecule has 1 aromatic heterocycles. The molecule has 0 spiro atoms. The number of nitrogens with zero attached hydrogens (tertiary/aromatic N) is 2. The van der Waals surface area contributed by atoms with Gasteiger partial charge in [0, 0.05) is 22.8 Å². The first-order valence-corrected chi connectivity index (χ1v) is 11.2. The van der Waals surface area contributed by atoms with Crippen molar-refractivity contribution in [1.29, 1.82) is 0 Å². The van der Waals surface area contributed by atoms with E-state index < -0.39 is 16.9 Å². The van der Waals surface area contributed by atoms with Gasteiger partial charge in [-0.05, 0) is 35.2 Å². The fraction of sp³-hybridized carbons (Fsp3) is 0.250. The Kier molecular flexibility index (Phi) is 6.05. The van der Waals surface area contributed by atoms with E-state index in [0.29, 0.717) is 11.3 Å². The fourth-order valence-electron chi connectivity index (χ4n) is 3.26. The molecule has 1 unspecified atom stereocenters. The van der Waals surface area contributed by atoms with Crippen molar-refractivity contribution in [3.05, 3.63) is 74.1 Å². The van der Waals surface area contributed by atoms with Crippen LogP contribution in [0.2, 0.25) is 0 Å². The van der Waals surface area contributed by atoms with Crippen LogP contribution >= 0.6 is 23.1 Å². The van der Waals surface area contributed by atoms with E-state index in [-0.39, 0.29) is 41.6 Å². The minimum absolute atomic E-state index is 0.0525. The number of hydrogen-bond acceptors (Lipinski definition) is 8. The summed E-state index contributed by atoms with van der Waals surface area (Å²) in [6, 6.07) is 8.72. The van der Waals surface area contributed by atoms with Crippen LogP contribution in [0.4, 0.5) is 5.69 Å². The molecule has 0 saturated carbocycles. The van der Waals surface area contributed by atoms with Gasteiger partial charge in [-0.3, -0.25) is 24.6 Å². The first-order valence-electron chi connectivity index (χ1n) is 9.31. The van der Waals surface area contributed by atoms with E-state index in [1.807, 2.05) is 17.5 Å². The molecule has 2 amide bonds. The molecule has 2 aliphatic rings. The zero-order valence-corrected chi connectivity index (χ0v) is 17.7. The molecule has 0 radical (unpaired) electrons. The lowest BCUT2D eigenvalue weighted by atomic mass is 10.0. The third-order valence-electron chi connectivity index (χ3n) is 4.80. The maximum atomic E-state index is 12.6. The van der Waals surface area contributed by atoms with E-state index >= 15 is 0 Å². The summed E-state index contributed by atoms with van der Waals surface area (Å²) in [6.07, 6.45) is 1.83. The van der Waals surface area contributed by atoms with Gasteiger partial charge in [0.25, 0.3) is 11.6 Å². The van der Waals surface area contributed by atoms with Crippen LogP contribution in [0, 0.1) is 10.1 Å². The Hall–Kier alpha value is -3.18. The van der Waals surface area contributed by atoms with Crippen molar-refractivity contribution in [1.82, 2.24) is 10.2 Å². The number of fused-ring (bicyclic) bond motifs is 1. The molecular weight excluding hydrogens is 442 g/mol. The molecule has 1 aromatic carbocycles. The number of β-lactam (4-membered cyclic amide) rings is 1. The van der Waals surface area contributed by atoms with E-state index in [2.05, 4.69) is 5.32 Å². The second kappa shape index (κ2) is 8.90. The average Bonchev–Trinajstić information content (AvgIpc) is 3.28. The molecule has 2 aliphatic heterocycles. The van der Waals surface area contributed by atoms with Crippen LogP contribution in [-0.2, 0) is 32.1 Å². The van der Waals surface area contributed by atoms with Crippen molar-refractivity contribution in [2.24, 2.45) is 0 Å². The van der Waals surface area contributed by atoms with Gasteiger partial charge < -0.3 is 10.1 Å². The number of thioether (sulfide) groups is 1. The summed E-state index contributed by atoms with van der Waals surface area (Å²) < 4.78 is 5.29. The summed E-state index contributed by atoms with van der Waals surface area (Å²) in [5.74, 6) is -0.734. The first-order chi connectivity index (χ1) is 14.9. The number of amides is 2. The van der Waals surface area contributed by atoms with Crippen LogP contribution in [-0.4, -0.2) is 44.8 Å². The molecule has 9 nitrogen and oxygen atoms in total. The predicted octanol–water partition coefficient (Wildman–Crippen LogP) is 2.23. The van der Waals surface area contributed by atoms with E-state index in [4.69, 9.17) is 4.74 Å². The molecule has 31 heavy (non-hydrogen) atoms. The summed E-state index contributed by atoms with van der Waals surface area (Å²) in [7, 11) is 0. The quantitative estimate of drug-likeness (QED) is 0.292. The van der Waals surface area contributed by atoms with Gasteiger partial charge in [0.2, 0.25) is 5.91 Å². The number of thiophene rings is 1.